The largest absolute Gasteiger partial charge is 0.350 e. The van der Waals surface area contributed by atoms with Crippen LogP contribution >= 0.6 is 23.2 Å². The summed E-state index contributed by atoms with van der Waals surface area (Å²) in [5, 5.41) is 3.33. The van der Waals surface area contributed by atoms with E-state index in [2.05, 4.69) is 5.32 Å². The number of sulfonamides is 1. The van der Waals surface area contributed by atoms with Gasteiger partial charge in [0.05, 0.1) is 15.6 Å². The van der Waals surface area contributed by atoms with Gasteiger partial charge in [-0.15, -0.1) is 0 Å². The van der Waals surface area contributed by atoms with Crippen molar-refractivity contribution in [2.45, 2.75) is 71.0 Å². The van der Waals surface area contributed by atoms with Crippen molar-refractivity contribution in [3.8, 4) is 0 Å². The molecule has 2 amide bonds. The van der Waals surface area contributed by atoms with Crippen molar-refractivity contribution >= 4 is 50.7 Å². The monoisotopic (exact) mass is 617 g/mol. The van der Waals surface area contributed by atoms with Crippen molar-refractivity contribution in [1.29, 1.82) is 0 Å². The summed E-state index contributed by atoms with van der Waals surface area (Å²) >= 11 is 12.7. The topological polar surface area (TPSA) is 86.8 Å². The molecule has 7 nitrogen and oxygen atoms in total. The molecule has 0 saturated carbocycles. The summed E-state index contributed by atoms with van der Waals surface area (Å²) in [5.41, 5.74) is 2.27. The number of nitrogens with zero attached hydrogens (tertiary/aromatic N) is 2. The lowest BCUT2D eigenvalue weighted by Gasteiger charge is -2.35. The van der Waals surface area contributed by atoms with Crippen LogP contribution in [-0.4, -0.2) is 43.3 Å². The molecule has 10 heteroatoms. The van der Waals surface area contributed by atoms with E-state index in [4.69, 9.17) is 23.2 Å². The maximum atomic E-state index is 14.2. The van der Waals surface area contributed by atoms with Crippen LogP contribution in [0.4, 0.5) is 5.69 Å². The van der Waals surface area contributed by atoms with Crippen LogP contribution in [0.15, 0.2) is 71.6 Å². The predicted octanol–water partition coefficient (Wildman–Crippen LogP) is 6.53. The van der Waals surface area contributed by atoms with Crippen LogP contribution in [0.1, 0.15) is 50.8 Å². The van der Waals surface area contributed by atoms with Gasteiger partial charge in [0.2, 0.25) is 11.8 Å². The van der Waals surface area contributed by atoms with Crippen LogP contribution in [0, 0.1) is 13.8 Å². The summed E-state index contributed by atoms with van der Waals surface area (Å²) in [6.07, 6.45) is 0.322. The number of anilines is 1. The average molecular weight is 619 g/mol. The van der Waals surface area contributed by atoms with Gasteiger partial charge in [-0.3, -0.25) is 13.9 Å². The maximum absolute atomic E-state index is 14.2. The van der Waals surface area contributed by atoms with E-state index in [1.165, 1.54) is 29.2 Å². The highest BCUT2D eigenvalue weighted by Crippen LogP contribution is 2.33. The van der Waals surface area contributed by atoms with Crippen LogP contribution in [0.2, 0.25) is 10.0 Å². The van der Waals surface area contributed by atoms with Gasteiger partial charge in [-0.1, -0.05) is 77.7 Å². The Morgan fingerprint density at radius 3 is 2.00 bits per heavy atom. The van der Waals surface area contributed by atoms with Crippen LogP contribution in [0.25, 0.3) is 0 Å². The Labute approximate surface area is 253 Å². The molecule has 1 atom stereocenters. The molecule has 3 aromatic rings. The van der Waals surface area contributed by atoms with Gasteiger partial charge >= 0.3 is 0 Å². The first kappa shape index (κ1) is 32.4. The number of amides is 2. The van der Waals surface area contributed by atoms with Crippen molar-refractivity contribution in [3.63, 3.8) is 0 Å². The molecule has 0 bridgehead atoms. The van der Waals surface area contributed by atoms with Crippen molar-refractivity contribution in [3.05, 3.63) is 93.5 Å². The van der Waals surface area contributed by atoms with Crippen molar-refractivity contribution in [2.24, 2.45) is 0 Å². The molecule has 0 heterocycles. The lowest BCUT2D eigenvalue weighted by Crippen LogP contribution is -2.55. The van der Waals surface area contributed by atoms with E-state index in [0.717, 1.165) is 21.0 Å². The highest BCUT2D eigenvalue weighted by molar-refractivity contribution is 7.92. The quantitative estimate of drug-likeness (QED) is 0.280. The van der Waals surface area contributed by atoms with Gasteiger partial charge in [0.15, 0.2) is 0 Å². The minimum atomic E-state index is -4.26. The van der Waals surface area contributed by atoms with Gasteiger partial charge in [0.25, 0.3) is 10.0 Å². The van der Waals surface area contributed by atoms with Gasteiger partial charge in [-0.05, 0) is 76.9 Å². The molecular weight excluding hydrogens is 581 g/mol. The molecule has 0 aliphatic heterocycles. The first-order chi connectivity index (χ1) is 19.1. The number of benzene rings is 3. The van der Waals surface area contributed by atoms with Gasteiger partial charge < -0.3 is 10.2 Å². The lowest BCUT2D eigenvalue weighted by atomic mass is 10.1. The van der Waals surface area contributed by atoms with E-state index in [0.29, 0.717) is 6.42 Å². The molecule has 0 radical (unpaired) electrons. The van der Waals surface area contributed by atoms with Crippen LogP contribution in [-0.2, 0) is 26.2 Å². The van der Waals surface area contributed by atoms with E-state index in [9.17, 15) is 18.0 Å². The van der Waals surface area contributed by atoms with Crippen molar-refractivity contribution in [1.82, 2.24) is 10.2 Å². The second kappa shape index (κ2) is 13.3. The Balaban J connectivity index is 2.11. The third kappa shape index (κ3) is 8.47. The molecule has 3 rings (SSSR count). The summed E-state index contributed by atoms with van der Waals surface area (Å²) < 4.78 is 29.0. The van der Waals surface area contributed by atoms with E-state index in [1.54, 1.807) is 18.2 Å². The zero-order valence-electron chi connectivity index (χ0n) is 24.2. The van der Waals surface area contributed by atoms with Gasteiger partial charge in [0.1, 0.15) is 12.6 Å². The molecule has 220 valence electrons. The highest BCUT2D eigenvalue weighted by atomic mass is 35.5. The van der Waals surface area contributed by atoms with E-state index in [-0.39, 0.29) is 33.1 Å². The molecule has 3 aromatic carbocycles. The number of carbonyl (C=O) groups is 2. The van der Waals surface area contributed by atoms with Gasteiger partial charge in [-0.25, -0.2) is 8.42 Å². The number of hydrogen-bond acceptors (Lipinski definition) is 4. The molecule has 1 N–H and O–H groups in total. The van der Waals surface area contributed by atoms with Gasteiger partial charge in [0, 0.05) is 17.1 Å². The summed E-state index contributed by atoms with van der Waals surface area (Å²) in [4.78, 5) is 29.0. The third-order valence-corrected chi connectivity index (χ3v) is 8.75. The Hall–Kier alpha value is -3.07. The molecule has 0 aliphatic carbocycles. The number of aryl methyl sites for hydroxylation is 2. The summed E-state index contributed by atoms with van der Waals surface area (Å²) in [6.45, 7) is 10.7. The van der Waals surface area contributed by atoms with Crippen molar-refractivity contribution in [2.75, 3.05) is 10.8 Å². The van der Waals surface area contributed by atoms with Crippen LogP contribution < -0.4 is 9.62 Å². The fourth-order valence-corrected chi connectivity index (χ4v) is 6.15. The number of hydrogen-bond donors (Lipinski definition) is 1. The fraction of sp³-hybridized carbons (Fsp3) is 0.355. The second-order valence-corrected chi connectivity index (χ2v) is 13.8. The molecular formula is C31H37Cl2N3O4S. The van der Waals surface area contributed by atoms with Crippen LogP contribution in [0.5, 0.6) is 0 Å². The average Bonchev–Trinajstić information content (AvgIpc) is 2.89. The summed E-state index contributed by atoms with van der Waals surface area (Å²) in [6, 6.07) is 17.5. The zero-order chi connectivity index (χ0) is 30.5. The summed E-state index contributed by atoms with van der Waals surface area (Å²) in [7, 11) is -4.26. The zero-order valence-corrected chi connectivity index (χ0v) is 26.6. The predicted molar refractivity (Wildman–Crippen MR) is 166 cm³/mol. The molecule has 0 fully saturated rings. The van der Waals surface area contributed by atoms with Crippen LogP contribution in [0.3, 0.4) is 0 Å². The number of rotatable bonds is 10. The maximum Gasteiger partial charge on any atom is 0.264 e. The molecule has 0 saturated heterocycles. The Kier molecular flexibility index (Phi) is 10.5. The Morgan fingerprint density at radius 2 is 1.46 bits per heavy atom. The second-order valence-electron chi connectivity index (χ2n) is 11.1. The molecule has 0 aromatic heterocycles. The Morgan fingerprint density at radius 1 is 0.902 bits per heavy atom. The molecule has 0 aliphatic rings. The fourth-order valence-electron chi connectivity index (χ4n) is 4.29. The minimum Gasteiger partial charge on any atom is -0.350 e. The summed E-state index contributed by atoms with van der Waals surface area (Å²) in [5.74, 6) is -0.887. The third-order valence-electron chi connectivity index (χ3n) is 6.42. The normalized spacial score (nSPS) is 12.5. The number of halogens is 2. The molecule has 0 spiro atoms. The minimum absolute atomic E-state index is 0.00505. The van der Waals surface area contributed by atoms with Crippen molar-refractivity contribution < 1.29 is 18.0 Å². The molecule has 0 unspecified atom stereocenters. The molecule has 41 heavy (non-hydrogen) atoms. The Bertz CT molecular complexity index is 1490. The SMILES string of the molecule is CC[C@@H](C(=O)NC(C)(C)C)N(Cc1ccc(C)cc1)C(=O)CN(c1cc(Cl)ccc1Cl)S(=O)(=O)c1ccc(C)cc1. The number of carbonyl (C=O) groups excluding carboxylic acids is 2. The van der Waals surface area contributed by atoms with E-state index < -0.39 is 34.1 Å². The lowest BCUT2D eigenvalue weighted by molar-refractivity contribution is -0.141. The standard InChI is InChI=1S/C31H37Cl2N3O4S/c1-7-27(30(38)34-31(4,5)6)35(19-23-12-8-21(2)9-13-23)29(37)20-36(28-18-24(32)14-17-26(28)33)41(39,40)25-15-10-22(3)11-16-25/h8-18,27H,7,19-20H2,1-6H3,(H,34,38)/t27-/m0/s1. The first-order valence-corrected chi connectivity index (χ1v) is 15.5. The van der Waals surface area contributed by atoms with E-state index in [1.807, 2.05) is 65.8 Å². The smallest absolute Gasteiger partial charge is 0.264 e. The highest BCUT2D eigenvalue weighted by Gasteiger charge is 2.35. The number of nitrogens with one attached hydrogen (secondary N) is 1. The van der Waals surface area contributed by atoms with Gasteiger partial charge in [-0.2, -0.15) is 0 Å². The first-order valence-electron chi connectivity index (χ1n) is 13.3. The van der Waals surface area contributed by atoms with E-state index >= 15 is 0 Å².